The highest BCUT2D eigenvalue weighted by molar-refractivity contribution is 6.12. The van der Waals surface area contributed by atoms with E-state index in [4.69, 9.17) is 4.99 Å². The highest BCUT2D eigenvalue weighted by Crippen LogP contribution is 2.32. The van der Waals surface area contributed by atoms with Gasteiger partial charge in [-0.05, 0) is 29.7 Å². The van der Waals surface area contributed by atoms with E-state index in [9.17, 15) is 0 Å². The van der Waals surface area contributed by atoms with E-state index >= 15 is 0 Å². The zero-order valence-electron chi connectivity index (χ0n) is 14.9. The van der Waals surface area contributed by atoms with Crippen molar-refractivity contribution in [3.63, 3.8) is 0 Å². The number of nitrogens with zero attached hydrogens (tertiary/aromatic N) is 4. The standard InChI is InChI=1S/C22H20N4/c1-16-14-23-21(24-15-16)22-25-19(17-9-5-3-6-10-17)13-20(26(22)2)18-11-7-4-8-12-18/h3-15,22H,1-2H3. The molecule has 0 spiro atoms. The molecule has 1 aliphatic heterocycles. The smallest absolute Gasteiger partial charge is 0.182 e. The number of hydrogen-bond donors (Lipinski definition) is 0. The first-order valence-electron chi connectivity index (χ1n) is 8.64. The van der Waals surface area contributed by atoms with Gasteiger partial charge >= 0.3 is 0 Å². The van der Waals surface area contributed by atoms with E-state index in [1.54, 1.807) is 0 Å². The summed E-state index contributed by atoms with van der Waals surface area (Å²) in [4.78, 5) is 16.1. The Morgan fingerprint density at radius 1 is 0.808 bits per heavy atom. The van der Waals surface area contributed by atoms with Gasteiger partial charge in [-0.25, -0.2) is 9.97 Å². The van der Waals surface area contributed by atoms with Gasteiger partial charge in [0.1, 0.15) is 0 Å². The van der Waals surface area contributed by atoms with Crippen molar-refractivity contribution in [1.82, 2.24) is 14.9 Å². The lowest BCUT2D eigenvalue weighted by Gasteiger charge is -2.32. The van der Waals surface area contributed by atoms with Crippen molar-refractivity contribution < 1.29 is 0 Å². The molecule has 128 valence electrons. The number of hydrogen-bond acceptors (Lipinski definition) is 4. The molecule has 4 rings (SSSR count). The maximum Gasteiger partial charge on any atom is 0.182 e. The Bertz CT molecular complexity index is 944. The summed E-state index contributed by atoms with van der Waals surface area (Å²) >= 11 is 0. The number of aryl methyl sites for hydroxylation is 1. The maximum atomic E-state index is 4.95. The molecule has 26 heavy (non-hydrogen) atoms. The van der Waals surface area contributed by atoms with Crippen LogP contribution in [0.3, 0.4) is 0 Å². The molecule has 0 saturated heterocycles. The van der Waals surface area contributed by atoms with E-state index in [-0.39, 0.29) is 6.17 Å². The average molecular weight is 340 g/mol. The van der Waals surface area contributed by atoms with Crippen LogP contribution in [0.5, 0.6) is 0 Å². The summed E-state index contributed by atoms with van der Waals surface area (Å²) in [6.45, 7) is 1.99. The lowest BCUT2D eigenvalue weighted by atomic mass is 10.0. The quantitative estimate of drug-likeness (QED) is 0.715. The lowest BCUT2D eigenvalue weighted by Crippen LogP contribution is -2.28. The van der Waals surface area contributed by atoms with Gasteiger partial charge in [-0.15, -0.1) is 0 Å². The van der Waals surface area contributed by atoms with Gasteiger partial charge in [-0.1, -0.05) is 60.7 Å². The number of aliphatic imine (C=N–C) groups is 1. The Morgan fingerprint density at radius 3 is 2.00 bits per heavy atom. The zero-order chi connectivity index (χ0) is 17.9. The van der Waals surface area contributed by atoms with Crippen molar-refractivity contribution in [3.05, 3.63) is 102 Å². The first kappa shape index (κ1) is 16.2. The van der Waals surface area contributed by atoms with Crippen molar-refractivity contribution in [2.24, 2.45) is 4.99 Å². The highest BCUT2D eigenvalue weighted by Gasteiger charge is 2.26. The summed E-state index contributed by atoms with van der Waals surface area (Å²) in [5.41, 5.74) is 5.32. The lowest BCUT2D eigenvalue weighted by molar-refractivity contribution is 0.348. The third-order valence-electron chi connectivity index (χ3n) is 4.45. The van der Waals surface area contributed by atoms with Crippen molar-refractivity contribution in [3.8, 4) is 0 Å². The Morgan fingerprint density at radius 2 is 1.38 bits per heavy atom. The molecule has 1 aromatic heterocycles. The monoisotopic (exact) mass is 340 g/mol. The summed E-state index contributed by atoms with van der Waals surface area (Å²) < 4.78 is 0. The first-order valence-corrected chi connectivity index (χ1v) is 8.64. The third kappa shape index (κ3) is 3.14. The molecule has 2 aromatic carbocycles. The molecule has 3 aromatic rings. The average Bonchev–Trinajstić information content (AvgIpc) is 2.70. The van der Waals surface area contributed by atoms with Gasteiger partial charge in [0.05, 0.1) is 5.71 Å². The van der Waals surface area contributed by atoms with E-state index in [2.05, 4.69) is 57.3 Å². The van der Waals surface area contributed by atoms with Crippen LogP contribution in [0, 0.1) is 6.92 Å². The molecule has 0 radical (unpaired) electrons. The van der Waals surface area contributed by atoms with E-state index in [1.807, 2.05) is 50.6 Å². The molecule has 0 saturated carbocycles. The number of rotatable bonds is 3. The minimum absolute atomic E-state index is 0.258. The van der Waals surface area contributed by atoms with E-state index in [0.717, 1.165) is 28.1 Å². The zero-order valence-corrected chi connectivity index (χ0v) is 14.9. The molecule has 4 nitrogen and oxygen atoms in total. The van der Waals surface area contributed by atoms with Crippen molar-refractivity contribution in [2.75, 3.05) is 7.05 Å². The Hall–Kier alpha value is -3.27. The summed E-state index contributed by atoms with van der Waals surface area (Å²) in [5, 5.41) is 0. The summed E-state index contributed by atoms with van der Waals surface area (Å²) in [6.07, 6.45) is 5.56. The molecule has 0 bridgehead atoms. The van der Waals surface area contributed by atoms with Gasteiger partial charge < -0.3 is 4.90 Å². The Labute approximate surface area is 153 Å². The van der Waals surface area contributed by atoms with Crippen LogP contribution in [-0.4, -0.2) is 27.6 Å². The molecular weight excluding hydrogens is 320 g/mol. The van der Waals surface area contributed by atoms with E-state index in [1.165, 1.54) is 0 Å². The molecule has 0 amide bonds. The van der Waals surface area contributed by atoms with Crippen LogP contribution in [0.2, 0.25) is 0 Å². The molecular formula is C22H20N4. The summed E-state index contributed by atoms with van der Waals surface area (Å²) in [5.74, 6) is 0.702. The van der Waals surface area contributed by atoms with Crippen LogP contribution < -0.4 is 0 Å². The van der Waals surface area contributed by atoms with Crippen LogP contribution in [-0.2, 0) is 0 Å². The van der Waals surface area contributed by atoms with Crippen LogP contribution in [0.25, 0.3) is 5.70 Å². The molecule has 0 fully saturated rings. The summed E-state index contributed by atoms with van der Waals surface area (Å²) in [7, 11) is 2.04. The third-order valence-corrected chi connectivity index (χ3v) is 4.45. The number of aromatic nitrogens is 2. The molecule has 1 atom stereocenters. The molecule has 1 unspecified atom stereocenters. The van der Waals surface area contributed by atoms with Crippen LogP contribution in [0.1, 0.15) is 28.7 Å². The molecule has 2 heterocycles. The number of allylic oxidation sites excluding steroid dienone is 1. The maximum absolute atomic E-state index is 4.95. The number of benzene rings is 2. The van der Waals surface area contributed by atoms with Crippen molar-refractivity contribution in [2.45, 2.75) is 13.1 Å². The van der Waals surface area contributed by atoms with Crippen LogP contribution in [0.15, 0.2) is 84.1 Å². The molecule has 0 aliphatic carbocycles. The van der Waals surface area contributed by atoms with E-state index < -0.39 is 0 Å². The second-order valence-electron chi connectivity index (χ2n) is 6.38. The Balaban J connectivity index is 1.83. The fourth-order valence-electron chi connectivity index (χ4n) is 3.05. The van der Waals surface area contributed by atoms with Gasteiger partial charge in [-0.3, -0.25) is 4.99 Å². The Kier molecular flexibility index (Phi) is 4.32. The highest BCUT2D eigenvalue weighted by atomic mass is 15.3. The fraction of sp³-hybridized carbons (Fsp3) is 0.136. The minimum Gasteiger partial charge on any atom is -0.346 e. The predicted octanol–water partition coefficient (Wildman–Crippen LogP) is 4.26. The topological polar surface area (TPSA) is 41.4 Å². The molecule has 4 heteroatoms. The fourth-order valence-corrected chi connectivity index (χ4v) is 3.05. The van der Waals surface area contributed by atoms with Crippen LogP contribution >= 0.6 is 0 Å². The second kappa shape index (κ2) is 6.92. The van der Waals surface area contributed by atoms with E-state index in [0.29, 0.717) is 5.82 Å². The largest absolute Gasteiger partial charge is 0.346 e. The first-order chi connectivity index (χ1) is 12.7. The molecule has 1 aliphatic rings. The minimum atomic E-state index is -0.258. The van der Waals surface area contributed by atoms with Gasteiger partial charge in [0, 0.05) is 25.1 Å². The van der Waals surface area contributed by atoms with Crippen molar-refractivity contribution in [1.29, 1.82) is 0 Å². The van der Waals surface area contributed by atoms with Gasteiger partial charge in [0.15, 0.2) is 12.0 Å². The van der Waals surface area contributed by atoms with Gasteiger partial charge in [-0.2, -0.15) is 0 Å². The van der Waals surface area contributed by atoms with Crippen molar-refractivity contribution >= 4 is 11.4 Å². The SMILES string of the molecule is Cc1cnc(C2N=C(c3ccccc3)C=C(c3ccccc3)N2C)nc1. The van der Waals surface area contributed by atoms with Gasteiger partial charge in [0.2, 0.25) is 0 Å². The normalized spacial score (nSPS) is 16.8. The van der Waals surface area contributed by atoms with Crippen LogP contribution in [0.4, 0.5) is 0 Å². The summed E-state index contributed by atoms with van der Waals surface area (Å²) in [6, 6.07) is 20.6. The molecule has 0 N–H and O–H groups in total. The van der Waals surface area contributed by atoms with Gasteiger partial charge in [0.25, 0.3) is 0 Å². The second-order valence-corrected chi connectivity index (χ2v) is 6.38. The predicted molar refractivity (Wildman–Crippen MR) is 105 cm³/mol.